The molecule has 0 bridgehead atoms. The molecule has 0 amide bonds. The molecule has 4 heteroatoms. The highest BCUT2D eigenvalue weighted by molar-refractivity contribution is 5.20. The molecule has 2 N–H and O–H groups in total. The molecule has 0 spiro atoms. The summed E-state index contributed by atoms with van der Waals surface area (Å²) in [6.45, 7) is 7.16. The highest BCUT2D eigenvalue weighted by Crippen LogP contribution is 2.26. The summed E-state index contributed by atoms with van der Waals surface area (Å²) in [5.41, 5.74) is 8.37. The summed E-state index contributed by atoms with van der Waals surface area (Å²) >= 11 is 0. The fourth-order valence-corrected chi connectivity index (χ4v) is 2.74. The van der Waals surface area contributed by atoms with E-state index in [1.807, 2.05) is 6.92 Å². The second-order valence-electron chi connectivity index (χ2n) is 4.68. The molecule has 0 aromatic carbocycles. The van der Waals surface area contributed by atoms with Crippen molar-refractivity contribution in [1.29, 1.82) is 0 Å². The zero-order chi connectivity index (χ0) is 11.7. The average Bonchev–Trinajstić information content (AvgIpc) is 2.84. The molecule has 4 nitrogen and oxygen atoms in total. The number of aromatic nitrogens is 2. The first kappa shape index (κ1) is 11.6. The van der Waals surface area contributed by atoms with E-state index < -0.39 is 0 Å². The van der Waals surface area contributed by atoms with Crippen molar-refractivity contribution >= 4 is 0 Å². The van der Waals surface area contributed by atoms with Crippen molar-refractivity contribution in [1.82, 2.24) is 14.5 Å². The number of nitrogens with zero attached hydrogens (tertiary/aromatic N) is 3. The molecule has 1 aromatic rings. The van der Waals surface area contributed by atoms with Crippen LogP contribution in [0.25, 0.3) is 0 Å². The second kappa shape index (κ2) is 4.55. The van der Waals surface area contributed by atoms with Gasteiger partial charge in [0.25, 0.3) is 0 Å². The molecule has 16 heavy (non-hydrogen) atoms. The van der Waals surface area contributed by atoms with Gasteiger partial charge in [-0.15, -0.1) is 0 Å². The summed E-state index contributed by atoms with van der Waals surface area (Å²) in [5.74, 6) is 1.07. The van der Waals surface area contributed by atoms with Crippen LogP contribution in [0.15, 0.2) is 0 Å². The smallest absolute Gasteiger partial charge is 0.105 e. The Morgan fingerprint density at radius 1 is 1.31 bits per heavy atom. The first-order chi connectivity index (χ1) is 7.65. The zero-order valence-electron chi connectivity index (χ0n) is 10.5. The van der Waals surface area contributed by atoms with E-state index in [0.29, 0.717) is 12.6 Å². The minimum Gasteiger partial charge on any atom is -0.334 e. The summed E-state index contributed by atoms with van der Waals surface area (Å²) in [5, 5.41) is 0. The third-order valence-electron chi connectivity index (χ3n) is 3.67. The van der Waals surface area contributed by atoms with Gasteiger partial charge in [-0.2, -0.15) is 0 Å². The first-order valence-electron chi connectivity index (χ1n) is 6.09. The Labute approximate surface area is 97.4 Å². The third kappa shape index (κ3) is 1.87. The molecular formula is C12H22N4. The molecule has 2 rings (SSSR count). The third-order valence-corrected chi connectivity index (χ3v) is 3.67. The molecule has 1 atom stereocenters. The Bertz CT molecular complexity index is 363. The van der Waals surface area contributed by atoms with Crippen LogP contribution in [-0.2, 0) is 7.05 Å². The lowest BCUT2D eigenvalue weighted by atomic mass is 10.1. The van der Waals surface area contributed by atoms with E-state index >= 15 is 0 Å². The fraction of sp³-hybridized carbons (Fsp3) is 0.750. The minimum absolute atomic E-state index is 0.341. The van der Waals surface area contributed by atoms with Crippen LogP contribution < -0.4 is 5.73 Å². The highest BCUT2D eigenvalue weighted by atomic mass is 15.2. The Morgan fingerprint density at radius 2 is 1.94 bits per heavy atom. The van der Waals surface area contributed by atoms with Gasteiger partial charge in [-0.25, -0.2) is 4.98 Å². The van der Waals surface area contributed by atoms with Crippen LogP contribution in [0.4, 0.5) is 0 Å². The number of nitrogens with two attached hydrogens (primary N) is 1. The maximum Gasteiger partial charge on any atom is 0.105 e. The van der Waals surface area contributed by atoms with Crippen molar-refractivity contribution in [3.05, 3.63) is 17.2 Å². The number of aryl methyl sites for hydroxylation is 2. The number of imidazole rings is 1. The molecule has 0 saturated carbocycles. The fourth-order valence-electron chi connectivity index (χ4n) is 2.74. The van der Waals surface area contributed by atoms with Crippen LogP contribution in [0, 0.1) is 13.8 Å². The van der Waals surface area contributed by atoms with Gasteiger partial charge in [-0.05, 0) is 39.8 Å². The Morgan fingerprint density at radius 3 is 2.38 bits per heavy atom. The van der Waals surface area contributed by atoms with Crippen molar-refractivity contribution in [3.63, 3.8) is 0 Å². The number of hydrogen-bond acceptors (Lipinski definition) is 3. The predicted molar refractivity (Wildman–Crippen MR) is 65.3 cm³/mol. The number of rotatable bonds is 3. The lowest BCUT2D eigenvalue weighted by molar-refractivity contribution is 0.242. The number of likely N-dealkylation sites (tertiary alicyclic amines) is 1. The van der Waals surface area contributed by atoms with Crippen LogP contribution in [0.2, 0.25) is 0 Å². The van der Waals surface area contributed by atoms with Crippen LogP contribution in [-0.4, -0.2) is 34.1 Å². The molecule has 1 saturated heterocycles. The van der Waals surface area contributed by atoms with Crippen LogP contribution in [0.3, 0.4) is 0 Å². The highest BCUT2D eigenvalue weighted by Gasteiger charge is 2.26. The van der Waals surface area contributed by atoms with Gasteiger partial charge in [0.15, 0.2) is 0 Å². The van der Waals surface area contributed by atoms with Gasteiger partial charge in [0.05, 0.1) is 17.4 Å². The molecule has 0 aliphatic carbocycles. The Kier molecular flexibility index (Phi) is 3.30. The van der Waals surface area contributed by atoms with Crippen molar-refractivity contribution in [3.8, 4) is 0 Å². The van der Waals surface area contributed by atoms with E-state index in [-0.39, 0.29) is 0 Å². The molecule has 1 unspecified atom stereocenters. The van der Waals surface area contributed by atoms with Gasteiger partial charge in [-0.3, -0.25) is 4.90 Å². The normalized spacial score (nSPS) is 19.2. The standard InChI is InChI=1S/C12H22N4/c1-9-12(15(3)10(2)14-9)11(8-13)16-6-4-5-7-16/h11H,4-8,13H2,1-3H3. The van der Waals surface area contributed by atoms with E-state index in [2.05, 4.69) is 28.4 Å². The molecule has 90 valence electrons. The average molecular weight is 222 g/mol. The van der Waals surface area contributed by atoms with Crippen LogP contribution in [0.5, 0.6) is 0 Å². The van der Waals surface area contributed by atoms with Crippen molar-refractivity contribution in [2.24, 2.45) is 12.8 Å². The van der Waals surface area contributed by atoms with E-state index in [9.17, 15) is 0 Å². The molecule has 0 radical (unpaired) electrons. The zero-order valence-corrected chi connectivity index (χ0v) is 10.5. The monoisotopic (exact) mass is 222 g/mol. The van der Waals surface area contributed by atoms with E-state index in [4.69, 9.17) is 5.73 Å². The Hall–Kier alpha value is -0.870. The SMILES string of the molecule is Cc1nc(C)n(C)c1C(CN)N1CCCC1. The summed E-state index contributed by atoms with van der Waals surface area (Å²) in [6.07, 6.45) is 2.60. The molecule has 2 heterocycles. The van der Waals surface area contributed by atoms with Crippen molar-refractivity contribution in [2.45, 2.75) is 32.7 Å². The molecule has 1 aromatic heterocycles. The molecule has 1 fully saturated rings. The second-order valence-corrected chi connectivity index (χ2v) is 4.68. The van der Waals surface area contributed by atoms with Crippen LogP contribution >= 0.6 is 0 Å². The van der Waals surface area contributed by atoms with Crippen molar-refractivity contribution in [2.75, 3.05) is 19.6 Å². The topological polar surface area (TPSA) is 47.1 Å². The largest absolute Gasteiger partial charge is 0.334 e. The number of hydrogen-bond donors (Lipinski definition) is 1. The lowest BCUT2D eigenvalue weighted by Gasteiger charge is -2.27. The summed E-state index contributed by atoms with van der Waals surface area (Å²) in [4.78, 5) is 7.02. The van der Waals surface area contributed by atoms with Gasteiger partial charge in [0, 0.05) is 13.6 Å². The van der Waals surface area contributed by atoms with Crippen molar-refractivity contribution < 1.29 is 0 Å². The maximum absolute atomic E-state index is 5.95. The van der Waals surface area contributed by atoms with Gasteiger partial charge >= 0.3 is 0 Å². The lowest BCUT2D eigenvalue weighted by Crippen LogP contribution is -2.33. The maximum atomic E-state index is 5.95. The molecule has 1 aliphatic heterocycles. The van der Waals surface area contributed by atoms with Gasteiger partial charge < -0.3 is 10.3 Å². The Balaban J connectivity index is 2.32. The first-order valence-corrected chi connectivity index (χ1v) is 6.09. The quantitative estimate of drug-likeness (QED) is 0.834. The summed E-state index contributed by atoms with van der Waals surface area (Å²) < 4.78 is 2.19. The minimum atomic E-state index is 0.341. The van der Waals surface area contributed by atoms with E-state index in [1.165, 1.54) is 31.6 Å². The van der Waals surface area contributed by atoms with Gasteiger partial charge in [0.2, 0.25) is 0 Å². The van der Waals surface area contributed by atoms with E-state index in [0.717, 1.165) is 11.5 Å². The summed E-state index contributed by atoms with van der Waals surface area (Å²) in [6, 6.07) is 0.341. The molecular weight excluding hydrogens is 200 g/mol. The predicted octanol–water partition coefficient (Wildman–Crippen LogP) is 1.13. The molecule has 1 aliphatic rings. The van der Waals surface area contributed by atoms with Crippen LogP contribution in [0.1, 0.15) is 36.1 Å². The van der Waals surface area contributed by atoms with Gasteiger partial charge in [-0.1, -0.05) is 0 Å². The summed E-state index contributed by atoms with van der Waals surface area (Å²) in [7, 11) is 2.09. The van der Waals surface area contributed by atoms with Gasteiger partial charge in [0.1, 0.15) is 5.82 Å². The van der Waals surface area contributed by atoms with E-state index in [1.54, 1.807) is 0 Å².